The summed E-state index contributed by atoms with van der Waals surface area (Å²) in [5.41, 5.74) is 4.57. The number of carbonyl (C=O) groups is 1. The van der Waals surface area contributed by atoms with Crippen molar-refractivity contribution in [2.24, 2.45) is 0 Å². The van der Waals surface area contributed by atoms with Crippen LogP contribution in [0.15, 0.2) is 54.6 Å². The SMILES string of the molecule is COC(=O)C1Cc2c([nH]c3ccccc23)C(c2ccccc2)N1. The molecule has 2 aromatic carbocycles. The lowest BCUT2D eigenvalue weighted by molar-refractivity contribution is -0.143. The molecular formula is C19H18N2O2. The molecule has 0 bridgehead atoms. The van der Waals surface area contributed by atoms with E-state index in [0.29, 0.717) is 6.42 Å². The van der Waals surface area contributed by atoms with Crippen molar-refractivity contribution in [3.8, 4) is 0 Å². The van der Waals surface area contributed by atoms with Crippen LogP contribution in [0, 0.1) is 0 Å². The molecule has 0 radical (unpaired) electrons. The molecule has 0 saturated heterocycles. The lowest BCUT2D eigenvalue weighted by atomic mass is 9.90. The van der Waals surface area contributed by atoms with Crippen LogP contribution in [-0.4, -0.2) is 24.1 Å². The van der Waals surface area contributed by atoms with E-state index in [0.717, 1.165) is 16.8 Å². The van der Waals surface area contributed by atoms with Crippen molar-refractivity contribution >= 4 is 16.9 Å². The van der Waals surface area contributed by atoms with Crippen LogP contribution in [-0.2, 0) is 16.0 Å². The molecule has 4 nitrogen and oxygen atoms in total. The molecule has 2 heterocycles. The van der Waals surface area contributed by atoms with E-state index in [2.05, 4.69) is 34.6 Å². The molecule has 0 fully saturated rings. The molecule has 2 unspecified atom stereocenters. The molecule has 0 aliphatic carbocycles. The van der Waals surface area contributed by atoms with E-state index in [9.17, 15) is 4.79 Å². The third-order valence-electron chi connectivity index (χ3n) is 4.53. The molecule has 2 atom stereocenters. The van der Waals surface area contributed by atoms with Crippen LogP contribution < -0.4 is 5.32 Å². The molecule has 1 aliphatic heterocycles. The topological polar surface area (TPSA) is 54.1 Å². The highest BCUT2D eigenvalue weighted by molar-refractivity contribution is 5.87. The van der Waals surface area contributed by atoms with Gasteiger partial charge in [-0.25, -0.2) is 0 Å². The van der Waals surface area contributed by atoms with Crippen LogP contribution in [0.1, 0.15) is 22.9 Å². The normalized spacial score (nSPS) is 20.2. The van der Waals surface area contributed by atoms with Crippen LogP contribution in [0.5, 0.6) is 0 Å². The van der Waals surface area contributed by atoms with Gasteiger partial charge in [-0.15, -0.1) is 0 Å². The Labute approximate surface area is 134 Å². The third kappa shape index (κ3) is 2.32. The van der Waals surface area contributed by atoms with Gasteiger partial charge in [-0.3, -0.25) is 10.1 Å². The number of methoxy groups -OCH3 is 1. The van der Waals surface area contributed by atoms with Crippen molar-refractivity contribution in [3.63, 3.8) is 0 Å². The zero-order valence-corrected chi connectivity index (χ0v) is 12.9. The quantitative estimate of drug-likeness (QED) is 0.716. The molecule has 4 rings (SSSR count). The van der Waals surface area contributed by atoms with E-state index in [-0.39, 0.29) is 18.1 Å². The Morgan fingerprint density at radius 1 is 1.09 bits per heavy atom. The second kappa shape index (κ2) is 5.56. The molecular weight excluding hydrogens is 288 g/mol. The fourth-order valence-corrected chi connectivity index (χ4v) is 3.44. The average Bonchev–Trinajstić information content (AvgIpc) is 2.99. The maximum Gasteiger partial charge on any atom is 0.323 e. The van der Waals surface area contributed by atoms with Gasteiger partial charge in [-0.05, 0) is 17.2 Å². The highest BCUT2D eigenvalue weighted by Gasteiger charge is 2.34. The van der Waals surface area contributed by atoms with E-state index >= 15 is 0 Å². The highest BCUT2D eigenvalue weighted by atomic mass is 16.5. The van der Waals surface area contributed by atoms with Crippen molar-refractivity contribution in [1.82, 2.24) is 10.3 Å². The number of carbonyl (C=O) groups excluding carboxylic acids is 1. The molecule has 23 heavy (non-hydrogen) atoms. The van der Waals surface area contributed by atoms with Crippen molar-refractivity contribution in [3.05, 3.63) is 71.4 Å². The second-order valence-electron chi connectivity index (χ2n) is 5.85. The summed E-state index contributed by atoms with van der Waals surface area (Å²) in [7, 11) is 1.44. The fourth-order valence-electron chi connectivity index (χ4n) is 3.44. The summed E-state index contributed by atoms with van der Waals surface area (Å²) in [6.45, 7) is 0. The lowest BCUT2D eigenvalue weighted by Gasteiger charge is -2.30. The maximum absolute atomic E-state index is 12.1. The number of hydrogen-bond donors (Lipinski definition) is 2. The molecule has 1 aliphatic rings. The van der Waals surface area contributed by atoms with Crippen LogP contribution in [0.3, 0.4) is 0 Å². The number of fused-ring (bicyclic) bond motifs is 3. The summed E-state index contributed by atoms with van der Waals surface area (Å²) in [6, 6.07) is 18.0. The summed E-state index contributed by atoms with van der Waals surface area (Å²) in [5, 5.41) is 4.61. The molecule has 4 heteroatoms. The molecule has 0 amide bonds. The summed E-state index contributed by atoms with van der Waals surface area (Å²) in [5.74, 6) is -0.220. The molecule has 3 aromatic rings. The van der Waals surface area contributed by atoms with Gasteiger partial charge in [-0.1, -0.05) is 48.5 Å². The van der Waals surface area contributed by atoms with Crippen LogP contribution in [0.4, 0.5) is 0 Å². The first-order chi connectivity index (χ1) is 11.3. The Bertz CT molecular complexity index is 854. The third-order valence-corrected chi connectivity index (χ3v) is 4.53. The van der Waals surface area contributed by atoms with Gasteiger partial charge in [0.2, 0.25) is 0 Å². The summed E-state index contributed by atoms with van der Waals surface area (Å²) in [4.78, 5) is 15.6. The number of esters is 1. The number of aromatic amines is 1. The zero-order chi connectivity index (χ0) is 15.8. The van der Waals surface area contributed by atoms with E-state index in [1.807, 2.05) is 30.3 Å². The van der Waals surface area contributed by atoms with E-state index in [4.69, 9.17) is 4.74 Å². The zero-order valence-electron chi connectivity index (χ0n) is 12.9. The van der Waals surface area contributed by atoms with Crippen molar-refractivity contribution in [2.75, 3.05) is 7.11 Å². The number of benzene rings is 2. The lowest BCUT2D eigenvalue weighted by Crippen LogP contribution is -2.45. The highest BCUT2D eigenvalue weighted by Crippen LogP contribution is 2.35. The number of rotatable bonds is 2. The molecule has 0 saturated carbocycles. The van der Waals surface area contributed by atoms with Gasteiger partial charge in [0.25, 0.3) is 0 Å². The minimum Gasteiger partial charge on any atom is -0.468 e. The standard InChI is InChI=1S/C19H18N2O2/c1-23-19(22)16-11-14-13-9-5-6-10-15(13)20-18(14)17(21-16)12-7-3-2-4-8-12/h2-10,16-17,20-21H,11H2,1H3. The monoisotopic (exact) mass is 306 g/mol. The van der Waals surface area contributed by atoms with E-state index in [1.54, 1.807) is 0 Å². The number of H-pyrrole nitrogens is 1. The van der Waals surface area contributed by atoms with Gasteiger partial charge in [-0.2, -0.15) is 0 Å². The van der Waals surface area contributed by atoms with Crippen LogP contribution >= 0.6 is 0 Å². The number of nitrogens with one attached hydrogen (secondary N) is 2. The summed E-state index contributed by atoms with van der Waals surface area (Å²) in [6.07, 6.45) is 0.634. The smallest absolute Gasteiger partial charge is 0.323 e. The minimum absolute atomic E-state index is 0.0450. The van der Waals surface area contributed by atoms with Crippen molar-refractivity contribution in [1.29, 1.82) is 0 Å². The molecule has 0 spiro atoms. The molecule has 116 valence electrons. The van der Waals surface area contributed by atoms with Gasteiger partial charge >= 0.3 is 5.97 Å². The summed E-state index contributed by atoms with van der Waals surface area (Å²) >= 11 is 0. The Morgan fingerprint density at radius 2 is 1.83 bits per heavy atom. The Hall–Kier alpha value is -2.59. The van der Waals surface area contributed by atoms with Crippen molar-refractivity contribution < 1.29 is 9.53 Å². The first-order valence-electron chi connectivity index (χ1n) is 7.76. The van der Waals surface area contributed by atoms with Gasteiger partial charge in [0, 0.05) is 23.0 Å². The average molecular weight is 306 g/mol. The van der Waals surface area contributed by atoms with Gasteiger partial charge in [0.15, 0.2) is 0 Å². The van der Waals surface area contributed by atoms with Gasteiger partial charge in [0.1, 0.15) is 6.04 Å². The van der Waals surface area contributed by atoms with Crippen molar-refractivity contribution in [2.45, 2.75) is 18.5 Å². The first-order valence-corrected chi connectivity index (χ1v) is 7.76. The Kier molecular flexibility index (Phi) is 3.39. The van der Waals surface area contributed by atoms with E-state index in [1.165, 1.54) is 18.1 Å². The number of para-hydroxylation sites is 1. The second-order valence-corrected chi connectivity index (χ2v) is 5.85. The maximum atomic E-state index is 12.1. The largest absolute Gasteiger partial charge is 0.468 e. The van der Waals surface area contributed by atoms with Gasteiger partial charge < -0.3 is 9.72 Å². The summed E-state index contributed by atoms with van der Waals surface area (Å²) < 4.78 is 4.97. The predicted molar refractivity (Wildman–Crippen MR) is 89.2 cm³/mol. The number of ether oxygens (including phenoxy) is 1. The number of aromatic nitrogens is 1. The van der Waals surface area contributed by atoms with E-state index < -0.39 is 0 Å². The number of hydrogen-bond acceptors (Lipinski definition) is 3. The van der Waals surface area contributed by atoms with Crippen LogP contribution in [0.25, 0.3) is 10.9 Å². The fraction of sp³-hybridized carbons (Fsp3) is 0.211. The minimum atomic E-state index is -0.336. The predicted octanol–water partition coefficient (Wildman–Crippen LogP) is 2.94. The van der Waals surface area contributed by atoms with Crippen LogP contribution in [0.2, 0.25) is 0 Å². The first kappa shape index (κ1) is 14.0. The Balaban J connectivity index is 1.88. The molecule has 1 aromatic heterocycles. The van der Waals surface area contributed by atoms with Gasteiger partial charge in [0.05, 0.1) is 13.2 Å². The Morgan fingerprint density at radius 3 is 2.61 bits per heavy atom. The molecule has 2 N–H and O–H groups in total.